The minimum atomic E-state index is 0.464. The molecule has 0 radical (unpaired) electrons. The van der Waals surface area contributed by atoms with Crippen LogP contribution in [0.1, 0.15) is 0 Å². The van der Waals surface area contributed by atoms with E-state index in [4.69, 9.17) is 10.1 Å². The predicted molar refractivity (Wildman–Crippen MR) is 64.4 cm³/mol. The van der Waals surface area contributed by atoms with Crippen molar-refractivity contribution in [2.75, 3.05) is 7.11 Å². The zero-order chi connectivity index (χ0) is 10.4. The van der Waals surface area contributed by atoms with Crippen LogP contribution in [0.15, 0.2) is 41.8 Å². The van der Waals surface area contributed by atoms with Crippen molar-refractivity contribution < 1.29 is 4.74 Å². The topological polar surface area (TPSA) is 33.1 Å². The summed E-state index contributed by atoms with van der Waals surface area (Å²) in [4.78, 5) is 1.10. The third-order valence-electron chi connectivity index (χ3n) is 1.47. The Morgan fingerprint density at radius 3 is 2.57 bits per heavy atom. The minimum Gasteiger partial charge on any atom is -0.497 e. The summed E-state index contributed by atoms with van der Waals surface area (Å²) in [5.41, 5.74) is 0. The fourth-order valence-electron chi connectivity index (χ4n) is 0.758. The number of hydrogen-bond acceptors (Lipinski definition) is 4. The van der Waals surface area contributed by atoms with Gasteiger partial charge in [-0.15, -0.1) is 0 Å². The highest BCUT2D eigenvalue weighted by atomic mass is 33.1. The molecule has 0 aliphatic carbocycles. The smallest absolute Gasteiger partial charge is 0.118 e. The maximum Gasteiger partial charge on any atom is 0.118 e. The second kappa shape index (κ2) is 5.78. The van der Waals surface area contributed by atoms with Gasteiger partial charge in [-0.3, -0.25) is 5.41 Å². The van der Waals surface area contributed by atoms with Crippen molar-refractivity contribution in [3.05, 3.63) is 36.9 Å². The van der Waals surface area contributed by atoms with Gasteiger partial charge in [0.25, 0.3) is 0 Å². The Kier molecular flexibility index (Phi) is 4.62. The molecule has 0 aliphatic rings. The van der Waals surface area contributed by atoms with Gasteiger partial charge in [0.2, 0.25) is 0 Å². The first-order valence-corrected chi connectivity index (χ1v) is 6.11. The molecule has 1 rings (SSSR count). The van der Waals surface area contributed by atoms with Crippen LogP contribution in [0.3, 0.4) is 0 Å². The molecule has 1 aromatic rings. The number of methoxy groups -OCH3 is 1. The van der Waals surface area contributed by atoms with Crippen molar-refractivity contribution >= 4 is 26.6 Å². The Morgan fingerprint density at radius 2 is 2.07 bits per heavy atom. The van der Waals surface area contributed by atoms with Gasteiger partial charge < -0.3 is 4.74 Å². The first-order chi connectivity index (χ1) is 6.76. The average Bonchev–Trinajstić information content (AvgIpc) is 2.26. The highest BCUT2D eigenvalue weighted by Crippen LogP contribution is 2.32. The van der Waals surface area contributed by atoms with E-state index in [-0.39, 0.29) is 0 Å². The van der Waals surface area contributed by atoms with Gasteiger partial charge in [0.05, 0.1) is 12.2 Å². The summed E-state index contributed by atoms with van der Waals surface area (Å²) in [5.74, 6) is 0.846. The fraction of sp³-hybridized carbons (Fsp3) is 0.100. The van der Waals surface area contributed by atoms with Crippen LogP contribution in [0.4, 0.5) is 0 Å². The summed E-state index contributed by atoms with van der Waals surface area (Å²) in [6.07, 6.45) is 1.53. The van der Waals surface area contributed by atoms with Crippen LogP contribution in [0.2, 0.25) is 0 Å². The van der Waals surface area contributed by atoms with E-state index >= 15 is 0 Å². The van der Waals surface area contributed by atoms with E-state index in [1.807, 2.05) is 24.3 Å². The molecule has 0 atom stereocenters. The molecule has 1 aromatic carbocycles. The van der Waals surface area contributed by atoms with E-state index in [2.05, 4.69) is 6.58 Å². The summed E-state index contributed by atoms with van der Waals surface area (Å²) in [6, 6.07) is 7.74. The number of benzene rings is 1. The fourth-order valence-corrected chi connectivity index (χ4v) is 2.36. The normalized spacial score (nSPS) is 9.50. The van der Waals surface area contributed by atoms with Crippen molar-refractivity contribution in [1.29, 1.82) is 5.41 Å². The Hall–Kier alpha value is -0.870. The maximum atomic E-state index is 7.36. The van der Waals surface area contributed by atoms with E-state index in [9.17, 15) is 0 Å². The van der Waals surface area contributed by atoms with Crippen molar-refractivity contribution in [3.63, 3.8) is 0 Å². The summed E-state index contributed by atoms with van der Waals surface area (Å²) >= 11 is 0. The summed E-state index contributed by atoms with van der Waals surface area (Å²) in [5, 5.41) is 7.83. The number of ether oxygens (including phenoxy) is 1. The van der Waals surface area contributed by atoms with Gasteiger partial charge >= 0.3 is 0 Å². The van der Waals surface area contributed by atoms with E-state index in [1.165, 1.54) is 27.7 Å². The largest absolute Gasteiger partial charge is 0.497 e. The van der Waals surface area contributed by atoms with Gasteiger partial charge in [0, 0.05) is 4.90 Å². The molecule has 0 aromatic heterocycles. The highest BCUT2D eigenvalue weighted by molar-refractivity contribution is 8.82. The SMILES string of the molecule is C=CC(=N)SSc1ccc(OC)cc1. The molecule has 0 saturated heterocycles. The lowest BCUT2D eigenvalue weighted by molar-refractivity contribution is 0.414. The van der Waals surface area contributed by atoms with Crippen LogP contribution < -0.4 is 4.74 Å². The van der Waals surface area contributed by atoms with Gasteiger partial charge in [0.15, 0.2) is 0 Å². The third-order valence-corrected chi connectivity index (χ3v) is 3.73. The second-order valence-electron chi connectivity index (χ2n) is 2.41. The minimum absolute atomic E-state index is 0.464. The third kappa shape index (κ3) is 3.47. The van der Waals surface area contributed by atoms with Gasteiger partial charge in [-0.05, 0) is 41.1 Å². The zero-order valence-electron chi connectivity index (χ0n) is 7.82. The van der Waals surface area contributed by atoms with E-state index in [1.54, 1.807) is 7.11 Å². The molecule has 0 amide bonds. The first-order valence-electron chi connectivity index (χ1n) is 3.96. The first kappa shape index (κ1) is 11.2. The number of rotatable bonds is 4. The van der Waals surface area contributed by atoms with Crippen LogP contribution in [0, 0.1) is 5.41 Å². The summed E-state index contributed by atoms with van der Waals surface area (Å²) < 4.78 is 5.04. The summed E-state index contributed by atoms with van der Waals surface area (Å²) in [7, 11) is 4.56. The second-order valence-corrected chi connectivity index (χ2v) is 4.66. The molecule has 0 unspecified atom stereocenters. The van der Waals surface area contributed by atoms with Crippen molar-refractivity contribution in [2.24, 2.45) is 0 Å². The molecule has 2 nitrogen and oxygen atoms in total. The number of nitrogens with one attached hydrogen (secondary N) is 1. The van der Waals surface area contributed by atoms with Gasteiger partial charge in [-0.2, -0.15) is 0 Å². The Morgan fingerprint density at radius 1 is 1.43 bits per heavy atom. The Labute approximate surface area is 91.6 Å². The Balaban J connectivity index is 2.51. The van der Waals surface area contributed by atoms with Crippen LogP contribution in [0.5, 0.6) is 5.75 Å². The molecule has 0 bridgehead atoms. The molecule has 74 valence electrons. The molecule has 4 heteroatoms. The van der Waals surface area contributed by atoms with Crippen molar-refractivity contribution in [1.82, 2.24) is 0 Å². The standard InChI is InChI=1S/C10H11NOS2/c1-3-10(11)14-13-9-6-4-8(12-2)5-7-9/h3-7,11H,1H2,2H3. The van der Waals surface area contributed by atoms with Crippen molar-refractivity contribution in [2.45, 2.75) is 4.90 Å². The molecule has 0 aliphatic heterocycles. The molecule has 1 N–H and O–H groups in total. The highest BCUT2D eigenvalue weighted by Gasteiger charge is 1.97. The van der Waals surface area contributed by atoms with E-state index < -0.39 is 0 Å². The molecule has 0 saturated carbocycles. The van der Waals surface area contributed by atoms with Crippen LogP contribution in [0.25, 0.3) is 0 Å². The molecule has 0 fully saturated rings. The van der Waals surface area contributed by atoms with Crippen LogP contribution in [-0.2, 0) is 0 Å². The maximum absolute atomic E-state index is 7.36. The Bertz CT molecular complexity index is 321. The predicted octanol–water partition coefficient (Wildman–Crippen LogP) is 3.60. The van der Waals surface area contributed by atoms with E-state index in [0.29, 0.717) is 5.04 Å². The molecule has 14 heavy (non-hydrogen) atoms. The van der Waals surface area contributed by atoms with Gasteiger partial charge in [0.1, 0.15) is 5.75 Å². The monoisotopic (exact) mass is 225 g/mol. The van der Waals surface area contributed by atoms with Crippen LogP contribution >= 0.6 is 21.6 Å². The average molecular weight is 225 g/mol. The molecular formula is C10H11NOS2. The number of hydrogen-bond donors (Lipinski definition) is 1. The van der Waals surface area contributed by atoms with E-state index in [0.717, 1.165) is 10.6 Å². The summed E-state index contributed by atoms with van der Waals surface area (Å²) in [6.45, 7) is 3.52. The van der Waals surface area contributed by atoms with Gasteiger partial charge in [-0.25, -0.2) is 0 Å². The zero-order valence-corrected chi connectivity index (χ0v) is 9.45. The lowest BCUT2D eigenvalue weighted by atomic mass is 10.3. The lowest BCUT2D eigenvalue weighted by Crippen LogP contribution is -1.81. The molecular weight excluding hydrogens is 214 g/mol. The molecule has 0 spiro atoms. The van der Waals surface area contributed by atoms with Crippen molar-refractivity contribution in [3.8, 4) is 5.75 Å². The van der Waals surface area contributed by atoms with Gasteiger partial charge in [-0.1, -0.05) is 17.4 Å². The lowest BCUT2D eigenvalue weighted by Gasteiger charge is -2.01. The quantitative estimate of drug-likeness (QED) is 0.483. The molecule has 0 heterocycles. The van der Waals surface area contributed by atoms with Crippen LogP contribution in [-0.4, -0.2) is 12.2 Å².